The number of rotatable bonds is 10. The predicted octanol–water partition coefficient (Wildman–Crippen LogP) is 4.98. The van der Waals surface area contributed by atoms with Crippen molar-refractivity contribution in [1.29, 1.82) is 0 Å². The summed E-state index contributed by atoms with van der Waals surface area (Å²) in [4.78, 5) is 4.26. The normalized spacial score (nSPS) is 12.7. The summed E-state index contributed by atoms with van der Waals surface area (Å²) in [7, 11) is 1.70. The number of hydrogen-bond acceptors (Lipinski definition) is 3. The molecule has 0 aliphatic carbocycles. The van der Waals surface area contributed by atoms with Crippen LogP contribution in [-0.2, 0) is 0 Å². The predicted molar refractivity (Wildman–Crippen MR) is 90.6 cm³/mol. The number of hydrogen-bond donors (Lipinski definition) is 0. The fraction of sp³-hybridized carbons (Fsp3) is 0.667. The van der Waals surface area contributed by atoms with Crippen molar-refractivity contribution < 1.29 is 4.74 Å². The Labute approximate surface area is 133 Å². The van der Waals surface area contributed by atoms with Gasteiger partial charge in [-0.1, -0.05) is 52.4 Å². The first-order chi connectivity index (χ1) is 10.8. The molecular formula is C18H29N3O. The Kier molecular flexibility index (Phi) is 6.69. The second kappa shape index (κ2) is 8.76. The zero-order valence-corrected chi connectivity index (χ0v) is 14.2. The first-order valence-corrected chi connectivity index (χ1v) is 8.67. The van der Waals surface area contributed by atoms with E-state index in [4.69, 9.17) is 4.74 Å². The van der Waals surface area contributed by atoms with Crippen molar-refractivity contribution in [2.45, 2.75) is 71.1 Å². The van der Waals surface area contributed by atoms with E-state index in [0.717, 1.165) is 11.4 Å². The molecular weight excluding hydrogens is 274 g/mol. The van der Waals surface area contributed by atoms with Crippen molar-refractivity contribution in [2.75, 3.05) is 7.11 Å². The molecule has 1 atom stereocenters. The maximum Gasteiger partial charge on any atom is 0.197 e. The molecule has 1 unspecified atom stereocenters. The lowest BCUT2D eigenvalue weighted by Crippen LogP contribution is -2.03. The van der Waals surface area contributed by atoms with E-state index in [1.54, 1.807) is 13.4 Å². The number of pyridine rings is 1. The molecule has 4 heteroatoms. The molecule has 2 rings (SSSR count). The van der Waals surface area contributed by atoms with Crippen LogP contribution in [-0.4, -0.2) is 21.7 Å². The molecule has 0 saturated carbocycles. The van der Waals surface area contributed by atoms with Crippen molar-refractivity contribution in [3.8, 4) is 5.75 Å². The number of unbranched alkanes of at least 4 members (excludes halogenated alkanes) is 4. The summed E-state index contributed by atoms with van der Waals surface area (Å²) in [6, 6.07) is 2.15. The molecule has 0 radical (unpaired) electrons. The number of fused-ring (bicyclic) bond motifs is 1. The van der Waals surface area contributed by atoms with Gasteiger partial charge in [0.15, 0.2) is 11.4 Å². The first kappa shape index (κ1) is 16.8. The molecule has 2 aromatic rings. The highest BCUT2D eigenvalue weighted by atomic mass is 16.5. The van der Waals surface area contributed by atoms with E-state index in [1.165, 1.54) is 56.9 Å². The number of ether oxygens (including phenoxy) is 1. The van der Waals surface area contributed by atoms with Gasteiger partial charge in [-0.15, -0.1) is 0 Å². The third-order valence-corrected chi connectivity index (χ3v) is 4.35. The van der Waals surface area contributed by atoms with Crippen LogP contribution in [0.25, 0.3) is 5.65 Å². The van der Waals surface area contributed by atoms with Crippen molar-refractivity contribution in [2.24, 2.45) is 0 Å². The van der Waals surface area contributed by atoms with Gasteiger partial charge in [-0.3, -0.25) is 0 Å². The largest absolute Gasteiger partial charge is 0.493 e. The molecule has 2 aromatic heterocycles. The van der Waals surface area contributed by atoms with Crippen molar-refractivity contribution in [3.05, 3.63) is 24.2 Å². The Morgan fingerprint density at radius 1 is 1.09 bits per heavy atom. The molecule has 0 spiro atoms. The summed E-state index contributed by atoms with van der Waals surface area (Å²) >= 11 is 0. The Bertz CT molecular complexity index is 564. The van der Waals surface area contributed by atoms with Crippen LogP contribution in [0.15, 0.2) is 18.6 Å². The van der Waals surface area contributed by atoms with Crippen molar-refractivity contribution in [3.63, 3.8) is 0 Å². The van der Waals surface area contributed by atoms with E-state index in [2.05, 4.69) is 36.2 Å². The third-order valence-electron chi connectivity index (χ3n) is 4.35. The van der Waals surface area contributed by atoms with Gasteiger partial charge in [0.25, 0.3) is 0 Å². The molecule has 0 fully saturated rings. The minimum atomic E-state index is 0.592. The van der Waals surface area contributed by atoms with Gasteiger partial charge in [0, 0.05) is 6.20 Å². The Balaban J connectivity index is 2.09. The average molecular weight is 303 g/mol. The maximum atomic E-state index is 5.49. The number of aromatic nitrogens is 3. The maximum absolute atomic E-state index is 5.49. The molecule has 0 N–H and O–H groups in total. The molecule has 0 aliphatic heterocycles. The van der Waals surface area contributed by atoms with Crippen molar-refractivity contribution in [1.82, 2.24) is 14.6 Å². The van der Waals surface area contributed by atoms with Crippen molar-refractivity contribution >= 4 is 5.65 Å². The molecule has 22 heavy (non-hydrogen) atoms. The van der Waals surface area contributed by atoms with Gasteiger partial charge < -0.3 is 4.74 Å². The summed E-state index contributed by atoms with van der Waals surface area (Å²) in [5.41, 5.74) is 2.12. The standard InChI is InChI=1S/C18H29N3O/c1-4-6-7-8-9-11-15(10-5-2)16-12-17(22-3)18-19-14-20-21(18)13-16/h12-15H,4-11H2,1-3H3. The molecule has 2 heterocycles. The van der Waals surface area contributed by atoms with E-state index in [9.17, 15) is 0 Å². The van der Waals surface area contributed by atoms with Crippen LogP contribution < -0.4 is 4.74 Å². The molecule has 0 bridgehead atoms. The van der Waals surface area contributed by atoms with Crippen LogP contribution in [0, 0.1) is 0 Å². The van der Waals surface area contributed by atoms with E-state index >= 15 is 0 Å². The quantitative estimate of drug-likeness (QED) is 0.581. The van der Waals surface area contributed by atoms with Crippen LogP contribution in [0.1, 0.15) is 76.7 Å². The lowest BCUT2D eigenvalue weighted by atomic mass is 9.90. The van der Waals surface area contributed by atoms with Gasteiger partial charge in [0.05, 0.1) is 7.11 Å². The van der Waals surface area contributed by atoms with E-state index < -0.39 is 0 Å². The summed E-state index contributed by atoms with van der Waals surface area (Å²) in [6.07, 6.45) is 14.1. The second-order valence-electron chi connectivity index (χ2n) is 6.06. The number of nitrogens with zero attached hydrogens (tertiary/aromatic N) is 3. The van der Waals surface area contributed by atoms with E-state index in [-0.39, 0.29) is 0 Å². The minimum Gasteiger partial charge on any atom is -0.493 e. The molecule has 0 saturated heterocycles. The number of methoxy groups -OCH3 is 1. The fourth-order valence-electron chi connectivity index (χ4n) is 3.11. The van der Waals surface area contributed by atoms with E-state index in [1.807, 2.05) is 4.52 Å². The summed E-state index contributed by atoms with van der Waals surface area (Å²) in [6.45, 7) is 4.52. The van der Waals surface area contributed by atoms with Gasteiger partial charge in [0.1, 0.15) is 6.33 Å². The average Bonchev–Trinajstić information content (AvgIpc) is 3.01. The van der Waals surface area contributed by atoms with Crippen LogP contribution in [0.4, 0.5) is 0 Å². The Morgan fingerprint density at radius 3 is 2.64 bits per heavy atom. The highest BCUT2D eigenvalue weighted by Crippen LogP contribution is 2.31. The molecule has 122 valence electrons. The highest BCUT2D eigenvalue weighted by Gasteiger charge is 2.15. The lowest BCUT2D eigenvalue weighted by molar-refractivity contribution is 0.414. The summed E-state index contributed by atoms with van der Waals surface area (Å²) in [5, 5.41) is 4.28. The van der Waals surface area contributed by atoms with Crippen LogP contribution in [0.5, 0.6) is 5.75 Å². The smallest absolute Gasteiger partial charge is 0.197 e. The molecule has 0 amide bonds. The summed E-state index contributed by atoms with van der Waals surface area (Å²) in [5.74, 6) is 1.41. The van der Waals surface area contributed by atoms with Gasteiger partial charge in [0.2, 0.25) is 0 Å². The highest BCUT2D eigenvalue weighted by molar-refractivity contribution is 5.54. The molecule has 4 nitrogen and oxygen atoms in total. The van der Waals surface area contributed by atoms with Gasteiger partial charge in [-0.25, -0.2) is 9.50 Å². The van der Waals surface area contributed by atoms with Gasteiger partial charge in [-0.2, -0.15) is 5.10 Å². The minimum absolute atomic E-state index is 0.592. The monoisotopic (exact) mass is 303 g/mol. The fourth-order valence-corrected chi connectivity index (χ4v) is 3.11. The topological polar surface area (TPSA) is 39.4 Å². The molecule has 0 aliphatic rings. The van der Waals surface area contributed by atoms with Gasteiger partial charge in [-0.05, 0) is 30.4 Å². The third kappa shape index (κ3) is 4.21. The zero-order chi connectivity index (χ0) is 15.8. The Morgan fingerprint density at radius 2 is 1.91 bits per heavy atom. The summed E-state index contributed by atoms with van der Waals surface area (Å²) < 4.78 is 7.33. The second-order valence-corrected chi connectivity index (χ2v) is 6.06. The van der Waals surface area contributed by atoms with Crippen LogP contribution in [0.2, 0.25) is 0 Å². The zero-order valence-electron chi connectivity index (χ0n) is 14.2. The Hall–Kier alpha value is -1.58. The van der Waals surface area contributed by atoms with E-state index in [0.29, 0.717) is 5.92 Å². The van der Waals surface area contributed by atoms with Crippen LogP contribution in [0.3, 0.4) is 0 Å². The van der Waals surface area contributed by atoms with Crippen LogP contribution >= 0.6 is 0 Å². The first-order valence-electron chi connectivity index (χ1n) is 8.67. The van der Waals surface area contributed by atoms with Gasteiger partial charge >= 0.3 is 0 Å². The SMILES string of the molecule is CCCCCCCC(CCC)c1cc(OC)c2ncnn2c1. The lowest BCUT2D eigenvalue weighted by Gasteiger charge is -2.17. The molecule has 0 aromatic carbocycles.